The highest BCUT2D eigenvalue weighted by atomic mass is 16.2. The van der Waals surface area contributed by atoms with Gasteiger partial charge in [0, 0.05) is 10.9 Å². The summed E-state index contributed by atoms with van der Waals surface area (Å²) in [5.41, 5.74) is 1.68. The van der Waals surface area contributed by atoms with E-state index in [1.165, 1.54) is 19.3 Å². The Morgan fingerprint density at radius 3 is 2.35 bits per heavy atom. The van der Waals surface area contributed by atoms with Crippen LogP contribution in [-0.2, 0) is 0 Å². The van der Waals surface area contributed by atoms with Crippen molar-refractivity contribution in [3.05, 3.63) is 42.5 Å². The number of nitrogens with one attached hydrogen (secondary N) is 2. The Kier molecular flexibility index (Phi) is 3.26. The number of benzene rings is 2. The second kappa shape index (κ2) is 5.25. The zero-order valence-electron chi connectivity index (χ0n) is 15.8. The number of urea groups is 1. The molecule has 6 rings (SSSR count). The van der Waals surface area contributed by atoms with Gasteiger partial charge in [0.1, 0.15) is 0 Å². The molecule has 0 heterocycles. The van der Waals surface area contributed by atoms with Gasteiger partial charge in [0.2, 0.25) is 0 Å². The first-order chi connectivity index (χ1) is 12.4. The van der Waals surface area contributed by atoms with Crippen molar-refractivity contribution in [3.63, 3.8) is 0 Å². The first kappa shape index (κ1) is 16.2. The molecule has 2 atom stereocenters. The summed E-state index contributed by atoms with van der Waals surface area (Å²) in [5, 5.41) is 8.82. The third kappa shape index (κ3) is 2.60. The van der Waals surface area contributed by atoms with Crippen molar-refractivity contribution in [2.45, 2.75) is 57.9 Å². The van der Waals surface area contributed by atoms with E-state index in [9.17, 15) is 4.79 Å². The number of rotatable bonds is 2. The van der Waals surface area contributed by atoms with Crippen LogP contribution in [0.25, 0.3) is 10.8 Å². The normalized spacial score (nSPS) is 37.7. The van der Waals surface area contributed by atoms with Crippen LogP contribution in [0.5, 0.6) is 0 Å². The van der Waals surface area contributed by atoms with Gasteiger partial charge in [-0.25, -0.2) is 4.79 Å². The van der Waals surface area contributed by atoms with E-state index in [2.05, 4.69) is 42.7 Å². The van der Waals surface area contributed by atoms with Crippen LogP contribution in [0.4, 0.5) is 10.5 Å². The molecule has 4 fully saturated rings. The fourth-order valence-corrected chi connectivity index (χ4v) is 7.32. The van der Waals surface area contributed by atoms with Crippen molar-refractivity contribution in [2.75, 3.05) is 5.32 Å². The highest BCUT2D eigenvalue weighted by Gasteiger charge is 2.60. The standard InChI is InChI=1S/C23H28N2O/c1-21-10-16-11-22(2,13-21)15-23(12-16,14-21)25-20(26)24-19-9-5-7-17-6-3-4-8-18(17)19/h3-9,16H,10-15H2,1-2H3,(H2,24,25,26)/t16?,21-,22-,23?/m1/s1. The molecule has 136 valence electrons. The molecule has 26 heavy (non-hydrogen) atoms. The maximum absolute atomic E-state index is 12.9. The third-order valence-corrected chi connectivity index (χ3v) is 7.04. The van der Waals surface area contributed by atoms with Crippen LogP contribution >= 0.6 is 0 Å². The van der Waals surface area contributed by atoms with Crippen molar-refractivity contribution in [1.29, 1.82) is 0 Å². The molecule has 3 heteroatoms. The van der Waals surface area contributed by atoms with Gasteiger partial charge in [-0.15, -0.1) is 0 Å². The predicted octanol–water partition coefficient (Wildman–Crippen LogP) is 5.71. The van der Waals surface area contributed by atoms with Crippen LogP contribution in [0.15, 0.2) is 42.5 Å². The highest BCUT2D eigenvalue weighted by Crippen LogP contribution is 2.66. The van der Waals surface area contributed by atoms with Gasteiger partial charge in [-0.3, -0.25) is 0 Å². The van der Waals surface area contributed by atoms with Gasteiger partial charge < -0.3 is 10.6 Å². The van der Waals surface area contributed by atoms with Gasteiger partial charge in [-0.1, -0.05) is 50.2 Å². The van der Waals surface area contributed by atoms with Crippen LogP contribution in [0.1, 0.15) is 52.4 Å². The summed E-state index contributed by atoms with van der Waals surface area (Å²) in [5.74, 6) is 0.777. The van der Waals surface area contributed by atoms with Crippen molar-refractivity contribution < 1.29 is 4.79 Å². The fourth-order valence-electron chi connectivity index (χ4n) is 7.32. The van der Waals surface area contributed by atoms with E-state index in [0.29, 0.717) is 10.8 Å². The summed E-state index contributed by atoms with van der Waals surface area (Å²) in [4.78, 5) is 12.9. The lowest BCUT2D eigenvalue weighted by Crippen LogP contribution is -2.65. The van der Waals surface area contributed by atoms with Crippen molar-refractivity contribution >= 4 is 22.5 Å². The summed E-state index contributed by atoms with van der Waals surface area (Å²) in [6.07, 6.45) is 7.43. The van der Waals surface area contributed by atoms with E-state index in [0.717, 1.165) is 41.6 Å². The smallest absolute Gasteiger partial charge is 0.319 e. The number of fused-ring (bicyclic) bond motifs is 1. The van der Waals surface area contributed by atoms with E-state index < -0.39 is 0 Å². The number of carbonyl (C=O) groups is 1. The van der Waals surface area contributed by atoms with Gasteiger partial charge in [-0.05, 0) is 66.7 Å². The topological polar surface area (TPSA) is 41.1 Å². The fraction of sp³-hybridized carbons (Fsp3) is 0.522. The molecule has 4 bridgehead atoms. The van der Waals surface area contributed by atoms with Crippen LogP contribution in [0.3, 0.4) is 0 Å². The van der Waals surface area contributed by atoms with Crippen molar-refractivity contribution in [2.24, 2.45) is 16.7 Å². The largest absolute Gasteiger partial charge is 0.332 e. The highest BCUT2D eigenvalue weighted by molar-refractivity contribution is 6.01. The van der Waals surface area contributed by atoms with Gasteiger partial charge >= 0.3 is 6.03 Å². The lowest BCUT2D eigenvalue weighted by Gasteiger charge is -2.65. The minimum atomic E-state index is -0.0458. The maximum Gasteiger partial charge on any atom is 0.319 e. The molecule has 0 radical (unpaired) electrons. The Hall–Kier alpha value is -2.03. The average molecular weight is 348 g/mol. The quantitative estimate of drug-likeness (QED) is 0.717. The summed E-state index contributed by atoms with van der Waals surface area (Å²) < 4.78 is 0. The first-order valence-corrected chi connectivity index (χ1v) is 9.93. The summed E-state index contributed by atoms with van der Waals surface area (Å²) in [6.45, 7) is 4.88. The SMILES string of the molecule is C[C@]12CC3CC(NC(=O)Nc4cccc5ccccc45)(C1)C[C@](C)(C3)C2. The minimum absolute atomic E-state index is 0.0163. The lowest BCUT2D eigenvalue weighted by atomic mass is 9.43. The Morgan fingerprint density at radius 2 is 1.62 bits per heavy atom. The minimum Gasteiger partial charge on any atom is -0.332 e. The molecule has 2 aromatic rings. The zero-order chi connectivity index (χ0) is 18.0. The van der Waals surface area contributed by atoms with E-state index in [-0.39, 0.29) is 11.6 Å². The molecule has 0 unspecified atom stereocenters. The number of hydrogen-bond donors (Lipinski definition) is 2. The summed E-state index contributed by atoms with van der Waals surface area (Å²) in [7, 11) is 0. The number of amides is 2. The Labute approximate surface area is 155 Å². The van der Waals surface area contributed by atoms with Crippen LogP contribution in [-0.4, -0.2) is 11.6 Å². The van der Waals surface area contributed by atoms with E-state index in [1.807, 2.05) is 24.3 Å². The van der Waals surface area contributed by atoms with E-state index >= 15 is 0 Å². The average Bonchev–Trinajstić information content (AvgIpc) is 2.51. The van der Waals surface area contributed by atoms with Crippen LogP contribution in [0, 0.1) is 16.7 Å². The second-order valence-electron chi connectivity index (χ2n) is 10.0. The molecule has 2 N–H and O–H groups in total. The monoisotopic (exact) mass is 348 g/mol. The first-order valence-electron chi connectivity index (χ1n) is 9.93. The van der Waals surface area contributed by atoms with Gasteiger partial charge in [0.05, 0.1) is 5.69 Å². The Bertz CT molecular complexity index is 865. The molecule has 4 aliphatic carbocycles. The van der Waals surface area contributed by atoms with Gasteiger partial charge in [0.15, 0.2) is 0 Å². The summed E-state index contributed by atoms with van der Waals surface area (Å²) in [6, 6.07) is 14.2. The van der Waals surface area contributed by atoms with Crippen LogP contribution in [0.2, 0.25) is 0 Å². The van der Waals surface area contributed by atoms with E-state index in [1.54, 1.807) is 0 Å². The van der Waals surface area contributed by atoms with Gasteiger partial charge in [0.25, 0.3) is 0 Å². The van der Waals surface area contributed by atoms with Crippen molar-refractivity contribution in [1.82, 2.24) is 5.32 Å². The maximum atomic E-state index is 12.9. The molecule has 0 saturated heterocycles. The van der Waals surface area contributed by atoms with Gasteiger partial charge in [-0.2, -0.15) is 0 Å². The van der Waals surface area contributed by atoms with Crippen molar-refractivity contribution in [3.8, 4) is 0 Å². The molecule has 0 spiro atoms. The molecular formula is C23H28N2O. The second-order valence-corrected chi connectivity index (χ2v) is 10.0. The predicted molar refractivity (Wildman–Crippen MR) is 106 cm³/mol. The molecular weight excluding hydrogens is 320 g/mol. The summed E-state index contributed by atoms with van der Waals surface area (Å²) >= 11 is 0. The Morgan fingerprint density at radius 1 is 0.923 bits per heavy atom. The number of hydrogen-bond acceptors (Lipinski definition) is 1. The molecule has 2 amide bonds. The molecule has 3 nitrogen and oxygen atoms in total. The lowest BCUT2D eigenvalue weighted by molar-refractivity contribution is -0.113. The zero-order valence-corrected chi connectivity index (χ0v) is 15.8. The number of carbonyl (C=O) groups excluding carboxylic acids is 1. The Balaban J connectivity index is 1.39. The molecule has 0 aliphatic heterocycles. The molecule has 2 aromatic carbocycles. The van der Waals surface area contributed by atoms with Crippen LogP contribution < -0.4 is 10.6 Å². The third-order valence-electron chi connectivity index (χ3n) is 7.04. The molecule has 4 saturated carbocycles. The molecule has 0 aromatic heterocycles. The van der Waals surface area contributed by atoms with E-state index in [4.69, 9.17) is 0 Å². The molecule has 4 aliphatic rings. The number of anilines is 1.